The third-order valence-corrected chi connectivity index (χ3v) is 7.89. The normalized spacial score (nSPS) is 13.5. The molecule has 0 saturated carbocycles. The van der Waals surface area contributed by atoms with Gasteiger partial charge in [0.25, 0.3) is 0 Å². The zero-order valence-electron chi connectivity index (χ0n) is 28.5. The van der Waals surface area contributed by atoms with Gasteiger partial charge < -0.3 is 34.5 Å². The van der Waals surface area contributed by atoms with E-state index in [1.807, 2.05) is 51.1 Å². The molecule has 258 valence electrons. The fourth-order valence-electron chi connectivity index (χ4n) is 5.31. The molecule has 0 aliphatic carbocycles. The number of carbonyl (C=O) groups excluding carboxylic acids is 1. The Morgan fingerprint density at radius 3 is 2.50 bits per heavy atom. The average molecular weight is 678 g/mol. The minimum atomic E-state index is -0.518. The van der Waals surface area contributed by atoms with E-state index in [0.29, 0.717) is 73.5 Å². The van der Waals surface area contributed by atoms with Gasteiger partial charge in [-0.2, -0.15) is 4.98 Å². The molecule has 0 atom stereocenters. The summed E-state index contributed by atoms with van der Waals surface area (Å²) in [6.45, 7) is 18.3. The van der Waals surface area contributed by atoms with Gasteiger partial charge in [0.15, 0.2) is 5.82 Å². The molecule has 1 amide bonds. The number of likely N-dealkylation sites (tertiary alicyclic amines) is 1. The van der Waals surface area contributed by atoms with Crippen molar-refractivity contribution in [3.8, 4) is 11.5 Å². The molecule has 11 heteroatoms. The highest BCUT2D eigenvalue weighted by Crippen LogP contribution is 2.38. The van der Waals surface area contributed by atoms with Crippen LogP contribution in [0.5, 0.6) is 11.5 Å². The van der Waals surface area contributed by atoms with Crippen molar-refractivity contribution >= 4 is 40.8 Å². The summed E-state index contributed by atoms with van der Waals surface area (Å²) < 4.78 is 23.3. The Morgan fingerprint density at radius 1 is 1.02 bits per heavy atom. The molecular weight excluding hydrogens is 630 g/mol. The predicted molar refractivity (Wildman–Crippen MR) is 192 cm³/mol. The highest BCUT2D eigenvalue weighted by molar-refractivity contribution is 6.33. The number of aromatic nitrogens is 2. The predicted octanol–water partition coefficient (Wildman–Crippen LogP) is 8.97. The van der Waals surface area contributed by atoms with Crippen LogP contribution >= 0.6 is 11.6 Å². The monoisotopic (exact) mass is 677 g/mol. The molecule has 0 unspecified atom stereocenters. The third kappa shape index (κ3) is 10.9. The number of hydrogen-bond donors (Lipinski definition) is 2. The molecule has 1 aromatic heterocycles. The Labute approximate surface area is 289 Å². The number of amides is 1. The summed E-state index contributed by atoms with van der Waals surface area (Å²) in [5.41, 5.74) is 3.25. The van der Waals surface area contributed by atoms with E-state index in [1.54, 1.807) is 17.2 Å². The smallest absolute Gasteiger partial charge is 0.410 e. The molecule has 3 aromatic rings. The Kier molecular flexibility index (Phi) is 13.5. The largest absolute Gasteiger partial charge is 0.491 e. The maximum Gasteiger partial charge on any atom is 0.410 e. The molecule has 1 saturated heterocycles. The zero-order valence-corrected chi connectivity index (χ0v) is 29.3. The lowest BCUT2D eigenvalue weighted by Crippen LogP contribution is -2.41. The van der Waals surface area contributed by atoms with E-state index in [2.05, 4.69) is 47.8 Å². The molecule has 2 heterocycles. The summed E-state index contributed by atoms with van der Waals surface area (Å²) in [6.07, 6.45) is 8.25. The lowest BCUT2D eigenvalue weighted by Gasteiger charge is -2.34. The third-order valence-electron chi connectivity index (χ3n) is 7.62. The van der Waals surface area contributed by atoms with E-state index in [-0.39, 0.29) is 12.0 Å². The molecule has 2 N–H and O–H groups in total. The van der Waals surface area contributed by atoms with Crippen molar-refractivity contribution in [2.45, 2.75) is 64.9 Å². The number of anilines is 4. The number of benzene rings is 2. The van der Waals surface area contributed by atoms with E-state index in [9.17, 15) is 4.79 Å². The summed E-state index contributed by atoms with van der Waals surface area (Å²) in [4.78, 5) is 23.6. The van der Waals surface area contributed by atoms with E-state index in [0.717, 1.165) is 36.9 Å². The van der Waals surface area contributed by atoms with Gasteiger partial charge in [-0.25, -0.2) is 9.78 Å². The molecule has 2 aromatic carbocycles. The lowest BCUT2D eigenvalue weighted by molar-refractivity contribution is 0.0204. The van der Waals surface area contributed by atoms with Crippen molar-refractivity contribution in [2.75, 3.05) is 50.2 Å². The van der Waals surface area contributed by atoms with Crippen LogP contribution in [0.3, 0.4) is 0 Å². The number of ether oxygens (including phenoxy) is 4. The molecule has 0 radical (unpaired) electrons. The van der Waals surface area contributed by atoms with Crippen LogP contribution in [0.4, 0.5) is 27.9 Å². The van der Waals surface area contributed by atoms with Crippen LogP contribution in [0.2, 0.25) is 5.02 Å². The van der Waals surface area contributed by atoms with Crippen LogP contribution in [0.15, 0.2) is 67.9 Å². The van der Waals surface area contributed by atoms with E-state index in [1.165, 1.54) is 5.56 Å². The first-order valence-corrected chi connectivity index (χ1v) is 16.8. The van der Waals surface area contributed by atoms with Gasteiger partial charge in [0.1, 0.15) is 28.7 Å². The van der Waals surface area contributed by atoms with Crippen molar-refractivity contribution in [1.29, 1.82) is 0 Å². The van der Waals surface area contributed by atoms with Crippen LogP contribution < -0.4 is 20.1 Å². The van der Waals surface area contributed by atoms with E-state index in [4.69, 9.17) is 35.5 Å². The highest BCUT2D eigenvalue weighted by atomic mass is 35.5. The molecule has 48 heavy (non-hydrogen) atoms. The van der Waals surface area contributed by atoms with E-state index >= 15 is 0 Å². The van der Waals surface area contributed by atoms with Crippen LogP contribution in [0.25, 0.3) is 0 Å². The second-order valence-electron chi connectivity index (χ2n) is 12.6. The number of aryl methyl sites for hydroxylation is 1. The van der Waals surface area contributed by atoms with Gasteiger partial charge in [-0.3, -0.25) is 0 Å². The molecule has 1 aliphatic rings. The van der Waals surface area contributed by atoms with Crippen LogP contribution in [-0.2, 0) is 9.47 Å². The first kappa shape index (κ1) is 36.6. The van der Waals surface area contributed by atoms with Gasteiger partial charge in [-0.15, -0.1) is 13.2 Å². The lowest BCUT2D eigenvalue weighted by atomic mass is 9.86. The minimum absolute atomic E-state index is 0.259. The van der Waals surface area contributed by atoms with Gasteiger partial charge in [0.2, 0.25) is 5.95 Å². The summed E-state index contributed by atoms with van der Waals surface area (Å²) in [5, 5.41) is 7.00. The number of allylic oxidation sites excluding steroid dienone is 1. The van der Waals surface area contributed by atoms with Gasteiger partial charge in [-0.05, 0) is 94.7 Å². The summed E-state index contributed by atoms with van der Waals surface area (Å²) in [7, 11) is 0. The molecule has 0 bridgehead atoms. The zero-order chi connectivity index (χ0) is 34.5. The van der Waals surface area contributed by atoms with Crippen molar-refractivity contribution in [3.05, 3.63) is 84.1 Å². The molecule has 4 rings (SSSR count). The number of carbonyl (C=O) groups is 1. The van der Waals surface area contributed by atoms with Gasteiger partial charge in [0.05, 0.1) is 37.4 Å². The molecular formula is C37H48ClN5O5. The van der Waals surface area contributed by atoms with Crippen molar-refractivity contribution in [2.24, 2.45) is 0 Å². The number of piperidine rings is 1. The van der Waals surface area contributed by atoms with E-state index < -0.39 is 5.60 Å². The molecule has 0 spiro atoms. The van der Waals surface area contributed by atoms with Crippen LogP contribution in [0.1, 0.15) is 63.5 Å². The minimum Gasteiger partial charge on any atom is -0.491 e. The number of nitrogens with zero attached hydrogens (tertiary/aromatic N) is 3. The van der Waals surface area contributed by atoms with Gasteiger partial charge >= 0.3 is 6.09 Å². The molecule has 1 fully saturated rings. The quantitative estimate of drug-likeness (QED) is 0.113. The summed E-state index contributed by atoms with van der Waals surface area (Å²) in [5.74, 6) is 2.41. The molecule has 1 aliphatic heterocycles. The summed E-state index contributed by atoms with van der Waals surface area (Å²) in [6, 6.07) is 11.7. The van der Waals surface area contributed by atoms with Crippen molar-refractivity contribution in [1.82, 2.24) is 14.9 Å². The van der Waals surface area contributed by atoms with Gasteiger partial charge in [-0.1, -0.05) is 35.9 Å². The number of para-hydroxylation sites is 2. The number of rotatable bonds is 16. The second kappa shape index (κ2) is 17.8. The fraction of sp³-hybridized carbons (Fsp3) is 0.432. The van der Waals surface area contributed by atoms with Crippen molar-refractivity contribution < 1.29 is 23.7 Å². The number of unbranched alkanes of at least 4 members (excludes halogenated alkanes) is 1. The SMILES string of the molecule is C=CCCCOc1cc(C2CCN(C(=O)OC(C)(C)C)CC2)c(C)cc1Nc1ncc(Cl)c(Nc2ccccc2OCCOCC=C)n1. The first-order chi connectivity index (χ1) is 23.1. The maximum absolute atomic E-state index is 12.6. The fourth-order valence-corrected chi connectivity index (χ4v) is 5.44. The second-order valence-corrected chi connectivity index (χ2v) is 13.0. The number of hydrogen-bond acceptors (Lipinski definition) is 9. The topological polar surface area (TPSA) is 107 Å². The maximum atomic E-state index is 12.6. The number of halogens is 1. The Bertz CT molecular complexity index is 1540. The standard InChI is InChI=1S/C37H48ClN5O5/c1-7-9-12-20-46-33-24-28(27-15-17-43(18-16-27)36(44)48-37(4,5)6)26(3)23-31(33)41-35-39-25-29(38)34(42-35)40-30-13-10-11-14-32(30)47-22-21-45-19-8-2/h7-8,10-11,13-14,23-25,27H,1-2,9,12,15-22H2,3-6H3,(H2,39,40,41,42). The number of nitrogens with one attached hydrogen (secondary N) is 2. The Balaban J connectivity index is 1.51. The van der Waals surface area contributed by atoms with Crippen LogP contribution in [-0.4, -0.2) is 66.1 Å². The average Bonchev–Trinajstić information content (AvgIpc) is 3.05. The summed E-state index contributed by atoms with van der Waals surface area (Å²) >= 11 is 6.54. The van der Waals surface area contributed by atoms with Crippen molar-refractivity contribution in [3.63, 3.8) is 0 Å². The Hall–Kier alpha value is -4.28. The Morgan fingerprint density at radius 2 is 1.77 bits per heavy atom. The first-order valence-electron chi connectivity index (χ1n) is 16.4. The van der Waals surface area contributed by atoms with Crippen LogP contribution in [0, 0.1) is 6.92 Å². The van der Waals surface area contributed by atoms with Gasteiger partial charge in [0, 0.05) is 13.1 Å². The highest BCUT2D eigenvalue weighted by Gasteiger charge is 2.29. The molecule has 10 nitrogen and oxygen atoms in total.